The summed E-state index contributed by atoms with van der Waals surface area (Å²) in [6, 6.07) is 3.36. The number of esters is 1. The first-order valence-electron chi connectivity index (χ1n) is 9.61. The molecular formula is C20H26N4O6. The lowest BCUT2D eigenvalue weighted by molar-refractivity contribution is -0.140. The van der Waals surface area contributed by atoms with Crippen molar-refractivity contribution < 1.29 is 28.6 Å². The van der Waals surface area contributed by atoms with Crippen LogP contribution in [0.25, 0.3) is 10.9 Å². The number of amides is 3. The number of ether oxygens (including phenoxy) is 3. The minimum absolute atomic E-state index is 0.118. The van der Waals surface area contributed by atoms with Crippen LogP contribution in [0, 0.1) is 0 Å². The Kier molecular flexibility index (Phi) is 6.65. The molecule has 0 unspecified atom stereocenters. The summed E-state index contributed by atoms with van der Waals surface area (Å²) in [6.45, 7) is 1.82. The van der Waals surface area contributed by atoms with E-state index in [0.29, 0.717) is 48.6 Å². The third kappa shape index (κ3) is 4.27. The van der Waals surface area contributed by atoms with Gasteiger partial charge in [0.25, 0.3) is 5.91 Å². The molecule has 3 rings (SSSR count). The summed E-state index contributed by atoms with van der Waals surface area (Å²) >= 11 is 0. The van der Waals surface area contributed by atoms with Crippen molar-refractivity contribution in [3.05, 3.63) is 23.9 Å². The molecule has 1 aromatic heterocycles. The Labute approximate surface area is 174 Å². The third-order valence-corrected chi connectivity index (χ3v) is 5.10. The molecule has 0 aliphatic carbocycles. The van der Waals surface area contributed by atoms with Gasteiger partial charge in [0.15, 0.2) is 11.5 Å². The van der Waals surface area contributed by atoms with E-state index >= 15 is 0 Å². The van der Waals surface area contributed by atoms with E-state index in [1.54, 1.807) is 29.2 Å². The van der Waals surface area contributed by atoms with Gasteiger partial charge in [0, 0.05) is 38.9 Å². The van der Waals surface area contributed by atoms with Gasteiger partial charge in [0.05, 0.1) is 44.2 Å². The zero-order valence-corrected chi connectivity index (χ0v) is 17.3. The van der Waals surface area contributed by atoms with Crippen molar-refractivity contribution in [1.82, 2.24) is 20.1 Å². The molecule has 0 radical (unpaired) electrons. The van der Waals surface area contributed by atoms with Crippen LogP contribution in [0.15, 0.2) is 18.3 Å². The highest BCUT2D eigenvalue weighted by atomic mass is 16.5. The van der Waals surface area contributed by atoms with Crippen molar-refractivity contribution in [2.24, 2.45) is 0 Å². The van der Waals surface area contributed by atoms with Crippen LogP contribution in [0.3, 0.4) is 0 Å². The SMILES string of the molecule is COC(=O)CCNC(=O)N1CCN(C(=O)c2c[nH]c3ccc(OC)c(OC)c23)CC1. The number of piperazine rings is 1. The molecule has 30 heavy (non-hydrogen) atoms. The number of hydrogen-bond acceptors (Lipinski definition) is 6. The van der Waals surface area contributed by atoms with E-state index in [4.69, 9.17) is 9.47 Å². The van der Waals surface area contributed by atoms with Crippen LogP contribution in [0.2, 0.25) is 0 Å². The first-order chi connectivity index (χ1) is 14.5. The Bertz CT molecular complexity index is 933. The molecule has 2 aromatic rings. The average Bonchev–Trinajstić information content (AvgIpc) is 3.21. The van der Waals surface area contributed by atoms with E-state index in [2.05, 4.69) is 15.0 Å². The molecule has 162 valence electrons. The van der Waals surface area contributed by atoms with Crippen molar-refractivity contribution in [1.29, 1.82) is 0 Å². The number of methoxy groups -OCH3 is 3. The molecule has 1 saturated heterocycles. The topological polar surface area (TPSA) is 113 Å². The zero-order valence-electron chi connectivity index (χ0n) is 17.3. The van der Waals surface area contributed by atoms with Gasteiger partial charge in [-0.3, -0.25) is 9.59 Å². The molecule has 0 spiro atoms. The number of rotatable bonds is 6. The molecule has 2 N–H and O–H groups in total. The number of carbonyl (C=O) groups is 3. The van der Waals surface area contributed by atoms with E-state index in [0.717, 1.165) is 5.52 Å². The monoisotopic (exact) mass is 418 g/mol. The standard InChI is InChI=1S/C20H26N4O6/c1-28-15-5-4-14-17(18(15)30-3)13(12-22-14)19(26)23-8-10-24(11-9-23)20(27)21-7-6-16(25)29-2/h4-5,12,22H,6-11H2,1-3H3,(H,21,27). The maximum atomic E-state index is 13.1. The average molecular weight is 418 g/mol. The quantitative estimate of drug-likeness (QED) is 0.682. The number of nitrogens with zero attached hydrogens (tertiary/aromatic N) is 2. The molecule has 10 nitrogen and oxygen atoms in total. The van der Waals surface area contributed by atoms with Crippen LogP contribution < -0.4 is 14.8 Å². The highest BCUT2D eigenvalue weighted by molar-refractivity contribution is 6.09. The molecule has 1 aliphatic rings. The molecule has 3 amide bonds. The zero-order chi connectivity index (χ0) is 21.7. The summed E-state index contributed by atoms with van der Waals surface area (Å²) in [7, 11) is 4.39. The summed E-state index contributed by atoms with van der Waals surface area (Å²) in [5, 5.41) is 3.36. The van der Waals surface area contributed by atoms with Gasteiger partial charge in [-0.15, -0.1) is 0 Å². The number of benzene rings is 1. The number of hydrogen-bond donors (Lipinski definition) is 2. The Hall–Kier alpha value is -3.43. The predicted octanol–water partition coefficient (Wildman–Crippen LogP) is 1.22. The van der Waals surface area contributed by atoms with Crippen LogP contribution in [0.5, 0.6) is 11.5 Å². The highest BCUT2D eigenvalue weighted by Crippen LogP contribution is 2.37. The fourth-order valence-corrected chi connectivity index (χ4v) is 3.47. The molecule has 0 atom stereocenters. The lowest BCUT2D eigenvalue weighted by atomic mass is 10.1. The number of aromatic nitrogens is 1. The summed E-state index contributed by atoms with van der Waals surface area (Å²) in [5.41, 5.74) is 1.27. The van der Waals surface area contributed by atoms with Gasteiger partial charge in [0.1, 0.15) is 0 Å². The lowest BCUT2D eigenvalue weighted by Gasteiger charge is -2.34. The Morgan fingerprint density at radius 1 is 1.03 bits per heavy atom. The summed E-state index contributed by atoms with van der Waals surface area (Å²) in [5.74, 6) is 0.533. The number of H-pyrrole nitrogens is 1. The summed E-state index contributed by atoms with van der Waals surface area (Å²) in [6.07, 6.45) is 1.79. The smallest absolute Gasteiger partial charge is 0.317 e. The predicted molar refractivity (Wildman–Crippen MR) is 109 cm³/mol. The highest BCUT2D eigenvalue weighted by Gasteiger charge is 2.27. The Morgan fingerprint density at radius 3 is 2.37 bits per heavy atom. The van der Waals surface area contributed by atoms with Crippen molar-refractivity contribution in [2.45, 2.75) is 6.42 Å². The van der Waals surface area contributed by atoms with E-state index in [9.17, 15) is 14.4 Å². The first kappa shape index (κ1) is 21.3. The first-order valence-corrected chi connectivity index (χ1v) is 9.61. The second-order valence-electron chi connectivity index (χ2n) is 6.76. The van der Waals surface area contributed by atoms with Gasteiger partial charge in [0.2, 0.25) is 0 Å². The molecule has 1 aliphatic heterocycles. The van der Waals surface area contributed by atoms with Crippen molar-refractivity contribution in [3.63, 3.8) is 0 Å². The Morgan fingerprint density at radius 2 is 1.73 bits per heavy atom. The van der Waals surface area contributed by atoms with Gasteiger partial charge in [-0.2, -0.15) is 0 Å². The van der Waals surface area contributed by atoms with Gasteiger partial charge in [-0.25, -0.2) is 4.79 Å². The third-order valence-electron chi connectivity index (χ3n) is 5.10. The molecule has 0 saturated carbocycles. The second kappa shape index (κ2) is 9.38. The van der Waals surface area contributed by atoms with E-state index in [-0.39, 0.29) is 30.9 Å². The molecular weight excluding hydrogens is 392 g/mol. The van der Waals surface area contributed by atoms with Crippen molar-refractivity contribution >= 4 is 28.8 Å². The molecule has 0 bridgehead atoms. The van der Waals surface area contributed by atoms with Gasteiger partial charge in [-0.05, 0) is 12.1 Å². The van der Waals surface area contributed by atoms with Crippen LogP contribution in [-0.4, -0.2) is 86.7 Å². The van der Waals surface area contributed by atoms with Crippen LogP contribution in [0.1, 0.15) is 16.8 Å². The summed E-state index contributed by atoms with van der Waals surface area (Å²) < 4.78 is 15.4. The minimum atomic E-state index is -0.378. The van der Waals surface area contributed by atoms with E-state index in [1.165, 1.54) is 14.2 Å². The molecule has 2 heterocycles. The van der Waals surface area contributed by atoms with Crippen molar-refractivity contribution in [2.75, 3.05) is 54.1 Å². The van der Waals surface area contributed by atoms with Gasteiger partial charge in [-0.1, -0.05) is 0 Å². The normalized spacial score (nSPS) is 13.8. The number of nitrogens with one attached hydrogen (secondary N) is 2. The van der Waals surface area contributed by atoms with Gasteiger partial charge < -0.3 is 34.3 Å². The maximum absolute atomic E-state index is 13.1. The maximum Gasteiger partial charge on any atom is 0.317 e. The molecule has 1 fully saturated rings. The largest absolute Gasteiger partial charge is 0.493 e. The number of aromatic amines is 1. The number of carbonyl (C=O) groups excluding carboxylic acids is 3. The van der Waals surface area contributed by atoms with Crippen LogP contribution in [0.4, 0.5) is 4.79 Å². The summed E-state index contributed by atoms with van der Waals surface area (Å²) in [4.78, 5) is 42.9. The molecule has 1 aromatic carbocycles. The minimum Gasteiger partial charge on any atom is -0.493 e. The number of fused-ring (bicyclic) bond motifs is 1. The number of urea groups is 1. The van der Waals surface area contributed by atoms with Gasteiger partial charge >= 0.3 is 12.0 Å². The van der Waals surface area contributed by atoms with Crippen LogP contribution >= 0.6 is 0 Å². The Balaban J connectivity index is 1.64. The fraction of sp³-hybridized carbons (Fsp3) is 0.450. The fourth-order valence-electron chi connectivity index (χ4n) is 3.47. The molecule has 10 heteroatoms. The van der Waals surface area contributed by atoms with E-state index in [1.807, 2.05) is 6.07 Å². The second-order valence-corrected chi connectivity index (χ2v) is 6.76. The van der Waals surface area contributed by atoms with E-state index < -0.39 is 0 Å². The lowest BCUT2D eigenvalue weighted by Crippen LogP contribution is -2.53. The van der Waals surface area contributed by atoms with Crippen LogP contribution in [-0.2, 0) is 9.53 Å². The van der Waals surface area contributed by atoms with Crippen molar-refractivity contribution in [3.8, 4) is 11.5 Å².